The summed E-state index contributed by atoms with van der Waals surface area (Å²) >= 11 is 0. The molecule has 0 aliphatic carbocycles. The molecule has 0 radical (unpaired) electrons. The van der Waals surface area contributed by atoms with E-state index < -0.39 is 35.3 Å². The van der Waals surface area contributed by atoms with Crippen molar-refractivity contribution in [2.24, 2.45) is 5.73 Å². The normalized spacial score (nSPS) is 19.3. The number of nitrogens with one attached hydrogen (secondary N) is 2. The van der Waals surface area contributed by atoms with Gasteiger partial charge in [-0.1, -0.05) is 6.07 Å². The molecule has 32 heavy (non-hydrogen) atoms. The fraction of sp³-hybridized carbons (Fsp3) is 0.565. The number of rotatable bonds is 9. The maximum absolute atomic E-state index is 13.1. The van der Waals surface area contributed by atoms with Gasteiger partial charge in [0.2, 0.25) is 11.8 Å². The first-order valence-electron chi connectivity index (χ1n) is 10.9. The van der Waals surface area contributed by atoms with Crippen molar-refractivity contribution in [3.05, 3.63) is 29.3 Å². The number of nitrogens with zero attached hydrogens (tertiary/aromatic N) is 1. The summed E-state index contributed by atoms with van der Waals surface area (Å²) in [5.74, 6) is -2.06. The van der Waals surface area contributed by atoms with Gasteiger partial charge in [0.1, 0.15) is 6.04 Å². The molecule has 1 fully saturated rings. The van der Waals surface area contributed by atoms with Crippen LogP contribution in [0.2, 0.25) is 0 Å². The van der Waals surface area contributed by atoms with Gasteiger partial charge in [-0.05, 0) is 59.1 Å². The van der Waals surface area contributed by atoms with Crippen molar-refractivity contribution in [1.29, 1.82) is 0 Å². The number of imide groups is 2. The van der Waals surface area contributed by atoms with Crippen LogP contribution in [-0.4, -0.2) is 58.9 Å². The standard InChI is InChI=1S/C23H32N4O5/c1-22(2,24)11-13-32-23(3,4)10-12-25-15-7-5-6-14-18(15)21(31)27(20(14)30)16-8-9-17(28)26-19(16)29/h5-7,16,25H,8-13,24H2,1-4H3,(H,26,28,29). The summed E-state index contributed by atoms with van der Waals surface area (Å²) in [6.45, 7) is 8.97. The van der Waals surface area contributed by atoms with E-state index in [1.807, 2.05) is 27.7 Å². The molecule has 4 amide bonds. The third-order valence-corrected chi connectivity index (χ3v) is 5.75. The Balaban J connectivity index is 1.66. The van der Waals surface area contributed by atoms with Gasteiger partial charge in [-0.3, -0.25) is 29.4 Å². The molecule has 2 aliphatic heterocycles. The first-order chi connectivity index (χ1) is 14.9. The van der Waals surface area contributed by atoms with Gasteiger partial charge in [-0.25, -0.2) is 0 Å². The first kappa shape index (κ1) is 23.9. The summed E-state index contributed by atoms with van der Waals surface area (Å²) in [5.41, 5.74) is 6.36. The quantitative estimate of drug-likeness (QED) is 0.495. The lowest BCUT2D eigenvalue weighted by molar-refractivity contribution is -0.136. The minimum atomic E-state index is -0.980. The van der Waals surface area contributed by atoms with Gasteiger partial charge >= 0.3 is 0 Å². The molecule has 0 aromatic heterocycles. The van der Waals surface area contributed by atoms with E-state index in [0.717, 1.165) is 11.3 Å². The monoisotopic (exact) mass is 444 g/mol. The molecule has 2 aliphatic rings. The van der Waals surface area contributed by atoms with Crippen LogP contribution in [-0.2, 0) is 14.3 Å². The highest BCUT2D eigenvalue weighted by Gasteiger charge is 2.45. The van der Waals surface area contributed by atoms with Crippen LogP contribution in [0.25, 0.3) is 0 Å². The molecule has 9 heteroatoms. The number of nitrogens with two attached hydrogens (primary N) is 1. The van der Waals surface area contributed by atoms with Crippen LogP contribution in [0, 0.1) is 0 Å². The number of carbonyl (C=O) groups excluding carboxylic acids is 4. The molecule has 0 saturated carbocycles. The third kappa shape index (κ3) is 5.34. The zero-order valence-corrected chi connectivity index (χ0v) is 19.1. The fourth-order valence-corrected chi connectivity index (χ4v) is 3.82. The van der Waals surface area contributed by atoms with Crippen LogP contribution < -0.4 is 16.4 Å². The van der Waals surface area contributed by atoms with Gasteiger partial charge in [-0.15, -0.1) is 0 Å². The minimum absolute atomic E-state index is 0.0886. The van der Waals surface area contributed by atoms with Crippen LogP contribution in [0.3, 0.4) is 0 Å². The van der Waals surface area contributed by atoms with Gasteiger partial charge < -0.3 is 15.8 Å². The van der Waals surface area contributed by atoms with E-state index >= 15 is 0 Å². The number of ether oxygens (including phenoxy) is 1. The highest BCUT2D eigenvalue weighted by atomic mass is 16.5. The number of benzene rings is 1. The van der Waals surface area contributed by atoms with Gasteiger partial charge in [-0.2, -0.15) is 0 Å². The minimum Gasteiger partial charge on any atom is -0.384 e. The van der Waals surface area contributed by atoms with E-state index in [-0.39, 0.29) is 29.5 Å². The van der Waals surface area contributed by atoms with Crippen LogP contribution >= 0.6 is 0 Å². The molecular formula is C23H32N4O5. The second kappa shape index (κ2) is 8.99. The maximum atomic E-state index is 13.1. The van der Waals surface area contributed by atoms with Crippen molar-refractivity contribution < 1.29 is 23.9 Å². The van der Waals surface area contributed by atoms with E-state index in [4.69, 9.17) is 10.5 Å². The van der Waals surface area contributed by atoms with Gasteiger partial charge in [0.05, 0.1) is 16.7 Å². The zero-order chi connectivity index (χ0) is 23.7. The van der Waals surface area contributed by atoms with Gasteiger partial charge in [0, 0.05) is 30.8 Å². The lowest BCUT2D eigenvalue weighted by atomic mass is 10.0. The Morgan fingerprint density at radius 2 is 1.84 bits per heavy atom. The van der Waals surface area contributed by atoms with Crippen molar-refractivity contribution in [2.45, 2.75) is 70.6 Å². The Morgan fingerprint density at radius 1 is 1.12 bits per heavy atom. The second-order valence-electron chi connectivity index (χ2n) is 9.70. The Labute approximate surface area is 188 Å². The number of hydrogen-bond acceptors (Lipinski definition) is 7. The number of amides is 4. The Hall–Kier alpha value is -2.78. The largest absolute Gasteiger partial charge is 0.384 e. The smallest absolute Gasteiger partial charge is 0.264 e. The summed E-state index contributed by atoms with van der Waals surface area (Å²) < 4.78 is 5.97. The van der Waals surface area contributed by atoms with E-state index in [1.54, 1.807) is 18.2 Å². The summed E-state index contributed by atoms with van der Waals surface area (Å²) in [4.78, 5) is 50.7. The van der Waals surface area contributed by atoms with Crippen molar-refractivity contribution in [2.75, 3.05) is 18.5 Å². The molecule has 1 unspecified atom stereocenters. The number of anilines is 1. The van der Waals surface area contributed by atoms with Crippen molar-refractivity contribution >= 4 is 29.3 Å². The molecule has 1 aromatic rings. The Kier molecular flexibility index (Phi) is 6.71. The van der Waals surface area contributed by atoms with Gasteiger partial charge in [0.25, 0.3) is 11.8 Å². The van der Waals surface area contributed by atoms with Gasteiger partial charge in [0.15, 0.2) is 0 Å². The topological polar surface area (TPSA) is 131 Å². The molecular weight excluding hydrogens is 412 g/mol. The molecule has 174 valence electrons. The predicted molar refractivity (Wildman–Crippen MR) is 119 cm³/mol. The van der Waals surface area contributed by atoms with E-state index in [0.29, 0.717) is 25.3 Å². The number of piperidine rings is 1. The average molecular weight is 445 g/mol. The lowest BCUT2D eigenvalue weighted by Gasteiger charge is -2.28. The molecule has 1 atom stereocenters. The highest BCUT2D eigenvalue weighted by molar-refractivity contribution is 6.25. The van der Waals surface area contributed by atoms with Crippen LogP contribution in [0.15, 0.2) is 18.2 Å². The number of fused-ring (bicyclic) bond motifs is 1. The van der Waals surface area contributed by atoms with Crippen LogP contribution in [0.5, 0.6) is 0 Å². The molecule has 0 bridgehead atoms. The number of carbonyl (C=O) groups is 4. The molecule has 3 rings (SSSR count). The molecule has 0 spiro atoms. The molecule has 2 heterocycles. The summed E-state index contributed by atoms with van der Waals surface area (Å²) in [7, 11) is 0. The molecule has 1 saturated heterocycles. The summed E-state index contributed by atoms with van der Waals surface area (Å²) in [5, 5.41) is 5.45. The van der Waals surface area contributed by atoms with Crippen molar-refractivity contribution in [3.8, 4) is 0 Å². The summed E-state index contributed by atoms with van der Waals surface area (Å²) in [6, 6.07) is 4.04. The highest BCUT2D eigenvalue weighted by Crippen LogP contribution is 2.32. The zero-order valence-electron chi connectivity index (χ0n) is 19.1. The molecule has 1 aromatic carbocycles. The SMILES string of the molecule is CC(C)(N)CCOC(C)(C)CCNc1cccc2c1C(=O)N(C1CCC(=O)NC1=O)C2=O. The molecule has 9 nitrogen and oxygen atoms in total. The fourth-order valence-electron chi connectivity index (χ4n) is 3.82. The van der Waals surface area contributed by atoms with E-state index in [2.05, 4.69) is 10.6 Å². The summed E-state index contributed by atoms with van der Waals surface area (Å²) in [6.07, 6.45) is 1.62. The molecule has 4 N–H and O–H groups in total. The van der Waals surface area contributed by atoms with Crippen molar-refractivity contribution in [3.63, 3.8) is 0 Å². The predicted octanol–water partition coefficient (Wildman–Crippen LogP) is 1.81. The second-order valence-corrected chi connectivity index (χ2v) is 9.70. The Bertz CT molecular complexity index is 935. The van der Waals surface area contributed by atoms with E-state index in [1.165, 1.54) is 0 Å². The maximum Gasteiger partial charge on any atom is 0.264 e. The lowest BCUT2D eigenvalue weighted by Crippen LogP contribution is -2.54. The van der Waals surface area contributed by atoms with E-state index in [9.17, 15) is 19.2 Å². The first-order valence-corrected chi connectivity index (χ1v) is 10.9. The van der Waals surface area contributed by atoms with Crippen molar-refractivity contribution in [1.82, 2.24) is 10.2 Å². The van der Waals surface area contributed by atoms with Crippen LogP contribution in [0.1, 0.15) is 74.1 Å². The third-order valence-electron chi connectivity index (χ3n) is 5.75. The van der Waals surface area contributed by atoms with Crippen LogP contribution in [0.4, 0.5) is 5.69 Å². The number of hydrogen-bond donors (Lipinski definition) is 3. The Morgan fingerprint density at radius 3 is 2.50 bits per heavy atom. The average Bonchev–Trinajstić information content (AvgIpc) is 2.92.